The topological polar surface area (TPSA) is 79.5 Å². The molecule has 0 unspecified atom stereocenters. The second-order valence-corrected chi connectivity index (χ2v) is 7.86. The summed E-state index contributed by atoms with van der Waals surface area (Å²) in [7, 11) is 0. The van der Waals surface area contributed by atoms with E-state index in [0.29, 0.717) is 6.29 Å². The number of rotatable bonds is 17. The fraction of sp³-hybridized carbons (Fsp3) is 0.667. The third-order valence-electron chi connectivity index (χ3n) is 5.33. The number of carbonyl (C=O) groups is 1. The summed E-state index contributed by atoms with van der Waals surface area (Å²) in [4.78, 5) is 22.4. The Bertz CT molecular complexity index is 664. The first kappa shape index (κ1) is 25.0. The molecule has 5 heteroatoms. The van der Waals surface area contributed by atoms with Crippen molar-refractivity contribution in [2.75, 3.05) is 0 Å². The van der Waals surface area contributed by atoms with Gasteiger partial charge in [-0.2, -0.15) is 0 Å². The molecular weight excluding hydrogens is 366 g/mol. The molecule has 0 saturated heterocycles. The van der Waals surface area contributed by atoms with Gasteiger partial charge in [0, 0.05) is 6.20 Å². The Morgan fingerprint density at radius 3 is 1.79 bits per heavy atom. The Balaban J connectivity index is 2.06. The number of unbranched alkanes of at least 4 members (excludes halogenated alkanes) is 14. The maximum Gasteiger partial charge on any atom is 0.227 e. The highest BCUT2D eigenvalue weighted by atomic mass is 16.3. The van der Waals surface area contributed by atoms with E-state index in [4.69, 9.17) is 0 Å². The lowest BCUT2D eigenvalue weighted by Crippen LogP contribution is -2.09. The van der Waals surface area contributed by atoms with E-state index < -0.39 is 11.2 Å². The lowest BCUT2D eigenvalue weighted by atomic mass is 10.0. The molecule has 0 fully saturated rings. The van der Waals surface area contributed by atoms with Crippen LogP contribution in [0.3, 0.4) is 0 Å². The number of aromatic hydroxyl groups is 2. The predicted octanol–water partition coefficient (Wildman–Crippen LogP) is 6.41. The molecule has 0 aliphatic carbocycles. The molecule has 0 aromatic carbocycles. The van der Waals surface area contributed by atoms with Gasteiger partial charge in [-0.25, -0.2) is 0 Å². The fourth-order valence-corrected chi connectivity index (χ4v) is 3.52. The van der Waals surface area contributed by atoms with Gasteiger partial charge >= 0.3 is 0 Å². The van der Waals surface area contributed by atoms with Crippen LogP contribution in [-0.4, -0.2) is 21.1 Å². The van der Waals surface area contributed by atoms with Gasteiger partial charge in [-0.3, -0.25) is 14.2 Å². The van der Waals surface area contributed by atoms with Crippen LogP contribution in [0.15, 0.2) is 16.9 Å². The van der Waals surface area contributed by atoms with Crippen molar-refractivity contribution in [3.05, 3.63) is 28.1 Å². The molecule has 0 radical (unpaired) electrons. The number of allylic oxidation sites excluding steroid dienone is 1. The van der Waals surface area contributed by atoms with Crippen LogP contribution in [0.2, 0.25) is 0 Å². The van der Waals surface area contributed by atoms with Gasteiger partial charge in [-0.1, -0.05) is 96.5 Å². The fourth-order valence-electron chi connectivity index (χ4n) is 3.52. The molecule has 5 nitrogen and oxygen atoms in total. The zero-order chi connectivity index (χ0) is 21.3. The molecular formula is C24H39NO4. The van der Waals surface area contributed by atoms with Crippen molar-refractivity contribution in [1.82, 2.24) is 4.57 Å². The molecule has 0 spiro atoms. The molecule has 0 aliphatic rings. The molecule has 1 rings (SSSR count). The summed E-state index contributed by atoms with van der Waals surface area (Å²) in [6.45, 7) is 2.26. The zero-order valence-corrected chi connectivity index (χ0v) is 18.1. The van der Waals surface area contributed by atoms with Crippen molar-refractivity contribution >= 4 is 12.5 Å². The van der Waals surface area contributed by atoms with E-state index in [2.05, 4.69) is 6.92 Å². The van der Waals surface area contributed by atoms with Crippen LogP contribution in [0.4, 0.5) is 0 Å². The average Bonchev–Trinajstić information content (AvgIpc) is 2.71. The quantitative estimate of drug-likeness (QED) is 0.232. The summed E-state index contributed by atoms with van der Waals surface area (Å²) in [5.74, 6) is -0.994. The highest BCUT2D eigenvalue weighted by molar-refractivity contribution is 5.78. The summed E-state index contributed by atoms with van der Waals surface area (Å²) in [5.41, 5.74) is -0.992. The number of nitrogens with zero attached hydrogens (tertiary/aromatic N) is 1. The third-order valence-corrected chi connectivity index (χ3v) is 5.33. The zero-order valence-electron chi connectivity index (χ0n) is 18.1. The minimum Gasteiger partial charge on any atom is -0.503 e. The van der Waals surface area contributed by atoms with Crippen LogP contribution in [0, 0.1) is 0 Å². The molecule has 0 atom stereocenters. The number of aromatic nitrogens is 1. The Morgan fingerprint density at radius 1 is 0.828 bits per heavy atom. The molecule has 2 N–H and O–H groups in total. The van der Waals surface area contributed by atoms with Crippen LogP contribution in [-0.2, 0) is 0 Å². The summed E-state index contributed by atoms with van der Waals surface area (Å²) in [6.07, 6.45) is 23.0. The number of hydrogen-bond acceptors (Lipinski definition) is 4. The van der Waals surface area contributed by atoms with Crippen molar-refractivity contribution in [3.8, 4) is 11.6 Å². The SMILES string of the molecule is CCCCCCCCCCCCCCCCC=Cn1c(O)cc(=O)c(O)c1C=O. The van der Waals surface area contributed by atoms with E-state index in [-0.39, 0.29) is 11.6 Å². The van der Waals surface area contributed by atoms with Gasteiger partial charge in [0.25, 0.3) is 0 Å². The molecule has 0 saturated carbocycles. The van der Waals surface area contributed by atoms with E-state index in [0.717, 1.165) is 29.9 Å². The van der Waals surface area contributed by atoms with Crippen molar-refractivity contribution in [2.45, 2.75) is 103 Å². The first-order valence-electron chi connectivity index (χ1n) is 11.4. The van der Waals surface area contributed by atoms with Gasteiger partial charge < -0.3 is 10.2 Å². The van der Waals surface area contributed by atoms with Crippen LogP contribution >= 0.6 is 0 Å². The molecule has 29 heavy (non-hydrogen) atoms. The number of pyridine rings is 1. The highest BCUT2D eigenvalue weighted by Gasteiger charge is 2.11. The molecule has 0 aliphatic heterocycles. The highest BCUT2D eigenvalue weighted by Crippen LogP contribution is 2.18. The van der Waals surface area contributed by atoms with Crippen molar-refractivity contribution in [1.29, 1.82) is 0 Å². The minimum atomic E-state index is -0.763. The number of aldehydes is 1. The number of hydrogen-bond donors (Lipinski definition) is 2. The normalized spacial score (nSPS) is 11.3. The molecule has 0 bridgehead atoms. The van der Waals surface area contributed by atoms with Crippen molar-refractivity contribution in [2.24, 2.45) is 0 Å². The Hall–Kier alpha value is -2.04. The van der Waals surface area contributed by atoms with Gasteiger partial charge in [0.2, 0.25) is 5.43 Å². The molecule has 164 valence electrons. The van der Waals surface area contributed by atoms with Gasteiger partial charge in [-0.15, -0.1) is 0 Å². The monoisotopic (exact) mass is 405 g/mol. The van der Waals surface area contributed by atoms with Crippen molar-refractivity contribution < 1.29 is 15.0 Å². The Labute approximate surface area is 175 Å². The van der Waals surface area contributed by atoms with E-state index in [1.54, 1.807) is 0 Å². The summed E-state index contributed by atoms with van der Waals surface area (Å²) >= 11 is 0. The molecule has 1 aromatic heterocycles. The van der Waals surface area contributed by atoms with Crippen LogP contribution in [0.1, 0.15) is 114 Å². The Morgan fingerprint density at radius 2 is 1.31 bits per heavy atom. The van der Waals surface area contributed by atoms with E-state index >= 15 is 0 Å². The van der Waals surface area contributed by atoms with Crippen LogP contribution < -0.4 is 5.43 Å². The Kier molecular flexibility index (Phi) is 13.6. The molecule has 1 aromatic rings. The minimum absolute atomic E-state index is 0.229. The standard InChI is InChI=1S/C24H39NO4/c1-2-3-4-5-6-7-8-9-10-11-12-13-14-15-16-17-18-25-21(20-26)24(29)22(27)19-23(25)28/h17-20,28-29H,2-16H2,1H3. The van der Waals surface area contributed by atoms with Gasteiger partial charge in [0.1, 0.15) is 5.69 Å². The second-order valence-electron chi connectivity index (χ2n) is 7.86. The maximum atomic E-state index is 11.4. The average molecular weight is 406 g/mol. The smallest absolute Gasteiger partial charge is 0.227 e. The van der Waals surface area contributed by atoms with E-state index in [1.165, 1.54) is 83.2 Å². The van der Waals surface area contributed by atoms with Crippen LogP contribution in [0.25, 0.3) is 6.20 Å². The summed E-state index contributed by atoms with van der Waals surface area (Å²) in [6, 6.07) is 0.902. The largest absolute Gasteiger partial charge is 0.503 e. The lowest BCUT2D eigenvalue weighted by Gasteiger charge is -2.08. The van der Waals surface area contributed by atoms with Gasteiger partial charge in [-0.05, 0) is 12.8 Å². The third kappa shape index (κ3) is 10.3. The van der Waals surface area contributed by atoms with Crippen molar-refractivity contribution in [3.63, 3.8) is 0 Å². The number of carbonyl (C=O) groups excluding carboxylic acids is 1. The van der Waals surface area contributed by atoms with Crippen LogP contribution in [0.5, 0.6) is 11.6 Å². The van der Waals surface area contributed by atoms with E-state index in [1.807, 2.05) is 6.08 Å². The second kappa shape index (κ2) is 15.8. The molecule has 1 heterocycles. The summed E-state index contributed by atoms with van der Waals surface area (Å²) < 4.78 is 1.13. The summed E-state index contributed by atoms with van der Waals surface area (Å²) in [5, 5.41) is 19.4. The molecule has 0 amide bonds. The van der Waals surface area contributed by atoms with Gasteiger partial charge in [0.05, 0.1) is 6.07 Å². The van der Waals surface area contributed by atoms with E-state index in [9.17, 15) is 19.8 Å². The lowest BCUT2D eigenvalue weighted by molar-refractivity contribution is 0.111. The van der Waals surface area contributed by atoms with Gasteiger partial charge in [0.15, 0.2) is 17.9 Å². The first-order valence-corrected chi connectivity index (χ1v) is 11.4. The first-order chi connectivity index (χ1) is 14.1. The predicted molar refractivity (Wildman–Crippen MR) is 120 cm³/mol. The maximum absolute atomic E-state index is 11.4.